The third-order valence-corrected chi connectivity index (χ3v) is 2.60. The molecule has 0 aliphatic heterocycles. The van der Waals surface area contributed by atoms with Crippen LogP contribution in [-0.2, 0) is 6.42 Å². The van der Waals surface area contributed by atoms with Crippen molar-refractivity contribution in [2.24, 2.45) is 0 Å². The van der Waals surface area contributed by atoms with E-state index in [-0.39, 0.29) is 5.75 Å². The van der Waals surface area contributed by atoms with E-state index in [1.165, 1.54) is 6.07 Å². The van der Waals surface area contributed by atoms with Crippen molar-refractivity contribution >= 4 is 11.6 Å². The van der Waals surface area contributed by atoms with E-state index in [1.54, 1.807) is 36.4 Å². The minimum Gasteiger partial charge on any atom is -0.454 e. The van der Waals surface area contributed by atoms with Gasteiger partial charge in [-0.25, -0.2) is 4.39 Å². The molecule has 0 bridgehead atoms. The van der Waals surface area contributed by atoms with Crippen LogP contribution in [0.25, 0.3) is 0 Å². The maximum Gasteiger partial charge on any atom is 0.165 e. The lowest BCUT2D eigenvalue weighted by Crippen LogP contribution is -1.91. The van der Waals surface area contributed by atoms with Gasteiger partial charge >= 0.3 is 0 Å². The van der Waals surface area contributed by atoms with Crippen LogP contribution in [0.2, 0.25) is 5.02 Å². The topological polar surface area (TPSA) is 9.23 Å². The van der Waals surface area contributed by atoms with E-state index in [2.05, 4.69) is 5.92 Å². The zero-order chi connectivity index (χ0) is 13.0. The van der Waals surface area contributed by atoms with Crippen molar-refractivity contribution in [3.63, 3.8) is 0 Å². The van der Waals surface area contributed by atoms with Crippen LogP contribution >= 0.6 is 11.6 Å². The van der Waals surface area contributed by atoms with Gasteiger partial charge < -0.3 is 4.74 Å². The fourth-order valence-electron chi connectivity index (χ4n) is 1.48. The van der Waals surface area contributed by atoms with Crippen LogP contribution in [-0.4, -0.2) is 0 Å². The van der Waals surface area contributed by atoms with Crippen molar-refractivity contribution in [2.75, 3.05) is 0 Å². The van der Waals surface area contributed by atoms with Gasteiger partial charge in [-0.1, -0.05) is 17.7 Å². The summed E-state index contributed by atoms with van der Waals surface area (Å²) in [5.74, 6) is 2.76. The number of rotatable bonds is 3. The second-order valence-electron chi connectivity index (χ2n) is 3.70. The Morgan fingerprint density at radius 2 is 1.89 bits per heavy atom. The predicted molar refractivity (Wildman–Crippen MR) is 70.5 cm³/mol. The molecule has 3 heteroatoms. The molecule has 2 aromatic carbocycles. The number of hydrogen-bond donors (Lipinski definition) is 0. The molecule has 1 nitrogen and oxygen atoms in total. The molecule has 0 aromatic heterocycles. The second kappa shape index (κ2) is 5.57. The summed E-state index contributed by atoms with van der Waals surface area (Å²) >= 11 is 5.76. The summed E-state index contributed by atoms with van der Waals surface area (Å²) in [5.41, 5.74) is 0.836. The molecular formula is C15H10ClFO. The average Bonchev–Trinajstić information content (AvgIpc) is 2.36. The summed E-state index contributed by atoms with van der Waals surface area (Å²) in [6, 6.07) is 11.3. The smallest absolute Gasteiger partial charge is 0.165 e. The van der Waals surface area contributed by atoms with Crippen LogP contribution in [0.15, 0.2) is 42.5 Å². The Balaban J connectivity index is 2.25. The van der Waals surface area contributed by atoms with Crippen molar-refractivity contribution < 1.29 is 9.13 Å². The highest BCUT2D eigenvalue weighted by atomic mass is 35.5. The molecule has 0 saturated heterocycles. The highest BCUT2D eigenvalue weighted by Gasteiger charge is 2.06. The molecular weight excluding hydrogens is 251 g/mol. The second-order valence-corrected chi connectivity index (χ2v) is 4.14. The first-order valence-electron chi connectivity index (χ1n) is 5.34. The number of hydrogen-bond acceptors (Lipinski definition) is 1. The van der Waals surface area contributed by atoms with Crippen LogP contribution in [0.3, 0.4) is 0 Å². The summed E-state index contributed by atoms with van der Waals surface area (Å²) in [5, 5.41) is 0.601. The zero-order valence-corrected chi connectivity index (χ0v) is 10.2. The van der Waals surface area contributed by atoms with E-state index in [0.29, 0.717) is 17.2 Å². The number of halogens is 2. The Morgan fingerprint density at radius 1 is 1.17 bits per heavy atom. The molecule has 0 aliphatic rings. The SMILES string of the molecule is C#CCc1ccc(F)c(Oc2ccc(Cl)cc2)c1. The summed E-state index contributed by atoms with van der Waals surface area (Å²) < 4.78 is 19.0. The van der Waals surface area contributed by atoms with E-state index in [0.717, 1.165) is 5.56 Å². The lowest BCUT2D eigenvalue weighted by atomic mass is 10.1. The van der Waals surface area contributed by atoms with Crippen LogP contribution in [0.1, 0.15) is 5.56 Å². The highest BCUT2D eigenvalue weighted by molar-refractivity contribution is 6.30. The average molecular weight is 261 g/mol. The molecule has 0 aliphatic carbocycles. The van der Waals surface area contributed by atoms with Gasteiger partial charge in [-0.15, -0.1) is 12.3 Å². The fourth-order valence-corrected chi connectivity index (χ4v) is 1.61. The van der Waals surface area contributed by atoms with Gasteiger partial charge in [0.2, 0.25) is 0 Å². The van der Waals surface area contributed by atoms with Crippen LogP contribution in [0.5, 0.6) is 11.5 Å². The summed E-state index contributed by atoms with van der Waals surface area (Å²) in [6.07, 6.45) is 5.66. The summed E-state index contributed by atoms with van der Waals surface area (Å²) in [7, 11) is 0. The van der Waals surface area contributed by atoms with E-state index in [1.807, 2.05) is 0 Å². The van der Waals surface area contributed by atoms with Crippen molar-refractivity contribution in [1.29, 1.82) is 0 Å². The maximum absolute atomic E-state index is 13.6. The van der Waals surface area contributed by atoms with E-state index in [4.69, 9.17) is 22.8 Å². The highest BCUT2D eigenvalue weighted by Crippen LogP contribution is 2.26. The van der Waals surface area contributed by atoms with Crippen molar-refractivity contribution in [2.45, 2.75) is 6.42 Å². The molecule has 0 N–H and O–H groups in total. The number of benzene rings is 2. The third kappa shape index (κ3) is 3.03. The summed E-state index contributed by atoms with van der Waals surface area (Å²) in [6.45, 7) is 0. The Kier molecular flexibility index (Phi) is 3.86. The zero-order valence-electron chi connectivity index (χ0n) is 9.49. The molecule has 2 rings (SSSR count). The first-order chi connectivity index (χ1) is 8.69. The van der Waals surface area contributed by atoms with Gasteiger partial charge in [-0.3, -0.25) is 0 Å². The summed E-state index contributed by atoms with van der Waals surface area (Å²) in [4.78, 5) is 0. The molecule has 0 radical (unpaired) electrons. The van der Waals surface area contributed by atoms with E-state index in [9.17, 15) is 4.39 Å². The molecule has 18 heavy (non-hydrogen) atoms. The molecule has 0 heterocycles. The van der Waals surface area contributed by atoms with Gasteiger partial charge in [-0.05, 0) is 42.0 Å². The van der Waals surface area contributed by atoms with Crippen LogP contribution < -0.4 is 4.74 Å². The van der Waals surface area contributed by atoms with Crippen LogP contribution in [0, 0.1) is 18.2 Å². The fraction of sp³-hybridized carbons (Fsp3) is 0.0667. The van der Waals surface area contributed by atoms with Crippen molar-refractivity contribution in [3.05, 3.63) is 58.9 Å². The van der Waals surface area contributed by atoms with Crippen molar-refractivity contribution in [3.8, 4) is 23.8 Å². The standard InChI is InChI=1S/C15H10ClFO/c1-2-3-11-4-9-14(17)15(10-11)18-13-7-5-12(16)6-8-13/h1,4-10H,3H2. The Labute approximate surface area is 110 Å². The minimum absolute atomic E-state index is 0.157. The largest absolute Gasteiger partial charge is 0.454 e. The molecule has 0 unspecified atom stereocenters. The van der Waals surface area contributed by atoms with Gasteiger partial charge in [0.25, 0.3) is 0 Å². The Morgan fingerprint density at radius 3 is 2.56 bits per heavy atom. The third-order valence-electron chi connectivity index (χ3n) is 2.34. The first-order valence-corrected chi connectivity index (χ1v) is 5.72. The molecule has 0 amide bonds. The van der Waals surface area contributed by atoms with Crippen LogP contribution in [0.4, 0.5) is 4.39 Å². The predicted octanol–water partition coefficient (Wildman–Crippen LogP) is 4.45. The molecule has 0 spiro atoms. The lowest BCUT2D eigenvalue weighted by Gasteiger charge is -2.08. The molecule has 90 valence electrons. The monoisotopic (exact) mass is 260 g/mol. The molecule has 2 aromatic rings. The van der Waals surface area contributed by atoms with Gasteiger partial charge in [0, 0.05) is 11.4 Å². The van der Waals surface area contributed by atoms with E-state index < -0.39 is 5.82 Å². The lowest BCUT2D eigenvalue weighted by molar-refractivity contribution is 0.441. The molecule has 0 saturated carbocycles. The van der Waals surface area contributed by atoms with Gasteiger partial charge in [0.1, 0.15) is 5.75 Å². The van der Waals surface area contributed by atoms with Gasteiger partial charge in [-0.2, -0.15) is 0 Å². The normalized spacial score (nSPS) is 9.83. The first kappa shape index (κ1) is 12.5. The quantitative estimate of drug-likeness (QED) is 0.741. The number of ether oxygens (including phenoxy) is 1. The Hall–Kier alpha value is -1.98. The van der Waals surface area contributed by atoms with E-state index >= 15 is 0 Å². The maximum atomic E-state index is 13.6. The van der Waals surface area contributed by atoms with Gasteiger partial charge in [0.15, 0.2) is 11.6 Å². The van der Waals surface area contributed by atoms with Crippen molar-refractivity contribution in [1.82, 2.24) is 0 Å². The molecule has 0 fully saturated rings. The molecule has 0 atom stereocenters. The Bertz CT molecular complexity index is 584. The minimum atomic E-state index is -0.425. The van der Waals surface area contributed by atoms with Gasteiger partial charge in [0.05, 0.1) is 0 Å². The number of terminal acetylenes is 1.